The third-order valence-electron chi connectivity index (χ3n) is 2.60. The first-order valence-electron chi connectivity index (χ1n) is 5.97. The van der Waals surface area contributed by atoms with E-state index in [1.165, 1.54) is 0 Å². The molecular weight excluding hydrogens is 222 g/mol. The van der Waals surface area contributed by atoms with E-state index in [0.717, 1.165) is 36.7 Å². The largest absolute Gasteiger partial charge is 0.362 e. The summed E-state index contributed by atoms with van der Waals surface area (Å²) in [4.78, 5) is 15.8. The van der Waals surface area contributed by atoms with Crippen molar-refractivity contribution in [3.63, 3.8) is 0 Å². The number of aliphatic imine (C=N–C) groups is 1. The van der Waals surface area contributed by atoms with Crippen LogP contribution in [0.4, 0.5) is 0 Å². The predicted molar refractivity (Wildman–Crippen MR) is 67.8 cm³/mol. The van der Waals surface area contributed by atoms with Crippen LogP contribution < -0.4 is 10.6 Å². The molecule has 1 unspecified atom stereocenters. The minimum absolute atomic E-state index is 0.183. The Morgan fingerprint density at radius 3 is 3.06 bits per heavy atom. The molecule has 2 fully saturated rings. The molecule has 5 heteroatoms. The molecular formula is C11H19N3OS. The van der Waals surface area contributed by atoms with Gasteiger partial charge in [-0.25, -0.2) is 0 Å². The number of nitrogens with one attached hydrogen (secondary N) is 2. The number of nitrogens with zero attached hydrogens (tertiary/aromatic N) is 1. The van der Waals surface area contributed by atoms with E-state index in [1.54, 1.807) is 11.8 Å². The van der Waals surface area contributed by atoms with Crippen molar-refractivity contribution in [3.8, 4) is 0 Å². The molecule has 1 atom stereocenters. The molecule has 0 radical (unpaired) electrons. The highest BCUT2D eigenvalue weighted by Crippen LogP contribution is 2.18. The molecule has 1 amide bonds. The summed E-state index contributed by atoms with van der Waals surface area (Å²) in [5, 5.41) is 7.31. The van der Waals surface area contributed by atoms with Gasteiger partial charge < -0.3 is 10.6 Å². The highest BCUT2D eigenvalue weighted by molar-refractivity contribution is 8.14. The van der Waals surface area contributed by atoms with E-state index in [1.807, 2.05) is 0 Å². The lowest BCUT2D eigenvalue weighted by Crippen LogP contribution is -2.25. The third kappa shape index (κ3) is 4.04. The van der Waals surface area contributed by atoms with Crippen molar-refractivity contribution in [3.05, 3.63) is 0 Å². The fourth-order valence-corrected chi connectivity index (χ4v) is 2.50. The van der Waals surface area contributed by atoms with Crippen LogP contribution in [-0.2, 0) is 4.79 Å². The van der Waals surface area contributed by atoms with Crippen LogP contribution in [0, 0.1) is 0 Å². The second-order valence-corrected chi connectivity index (χ2v) is 5.50. The minimum Gasteiger partial charge on any atom is -0.362 e. The second-order valence-electron chi connectivity index (χ2n) is 4.49. The predicted octanol–water partition coefficient (Wildman–Crippen LogP) is 1.13. The summed E-state index contributed by atoms with van der Waals surface area (Å²) in [7, 11) is 0. The Bertz CT molecular complexity index is 289. The highest BCUT2D eigenvalue weighted by atomic mass is 32.2. The first-order valence-corrected chi connectivity index (χ1v) is 6.96. The van der Waals surface area contributed by atoms with Crippen LogP contribution in [0.2, 0.25) is 0 Å². The summed E-state index contributed by atoms with van der Waals surface area (Å²) < 4.78 is 0. The lowest BCUT2D eigenvalue weighted by molar-refractivity contribution is -0.121. The first kappa shape index (κ1) is 11.8. The summed E-state index contributed by atoms with van der Waals surface area (Å²) in [6.07, 6.45) is 3.77. The van der Waals surface area contributed by atoms with Crippen LogP contribution in [0.3, 0.4) is 0 Å². The molecule has 0 bridgehead atoms. The molecule has 1 saturated heterocycles. The molecule has 1 aliphatic carbocycles. The molecule has 1 heterocycles. The van der Waals surface area contributed by atoms with E-state index in [4.69, 9.17) is 0 Å². The smallest absolute Gasteiger partial charge is 0.220 e. The zero-order valence-corrected chi connectivity index (χ0v) is 10.5. The Morgan fingerprint density at radius 1 is 1.62 bits per heavy atom. The average molecular weight is 241 g/mol. The van der Waals surface area contributed by atoms with Crippen molar-refractivity contribution < 1.29 is 4.79 Å². The average Bonchev–Trinajstić information content (AvgIpc) is 2.95. The Kier molecular flexibility index (Phi) is 4.09. The molecule has 16 heavy (non-hydrogen) atoms. The van der Waals surface area contributed by atoms with Gasteiger partial charge >= 0.3 is 0 Å². The Hall–Kier alpha value is -0.710. The molecule has 0 aromatic heterocycles. The van der Waals surface area contributed by atoms with E-state index >= 15 is 0 Å². The maximum atomic E-state index is 11.4. The van der Waals surface area contributed by atoms with Gasteiger partial charge in [-0.1, -0.05) is 11.8 Å². The van der Waals surface area contributed by atoms with Crippen molar-refractivity contribution in [1.82, 2.24) is 10.6 Å². The van der Waals surface area contributed by atoms with Crippen LogP contribution in [-0.4, -0.2) is 35.5 Å². The van der Waals surface area contributed by atoms with Crippen molar-refractivity contribution in [1.29, 1.82) is 0 Å². The number of rotatable bonds is 5. The summed E-state index contributed by atoms with van der Waals surface area (Å²) in [6.45, 7) is 2.90. The van der Waals surface area contributed by atoms with Gasteiger partial charge in [-0.05, 0) is 26.2 Å². The van der Waals surface area contributed by atoms with Crippen LogP contribution in [0.25, 0.3) is 0 Å². The monoisotopic (exact) mass is 241 g/mol. The maximum absolute atomic E-state index is 11.4. The summed E-state index contributed by atoms with van der Waals surface area (Å²) in [5.74, 6) is 1.28. The zero-order chi connectivity index (χ0) is 11.4. The van der Waals surface area contributed by atoms with Gasteiger partial charge in [-0.15, -0.1) is 0 Å². The number of hydrogen-bond acceptors (Lipinski definition) is 3. The molecule has 2 N–H and O–H groups in total. The maximum Gasteiger partial charge on any atom is 0.220 e. The van der Waals surface area contributed by atoms with E-state index in [-0.39, 0.29) is 5.91 Å². The molecule has 0 aromatic carbocycles. The lowest BCUT2D eigenvalue weighted by Gasteiger charge is -2.02. The van der Waals surface area contributed by atoms with E-state index in [0.29, 0.717) is 18.5 Å². The quantitative estimate of drug-likeness (QED) is 0.709. The van der Waals surface area contributed by atoms with Crippen LogP contribution in [0.5, 0.6) is 0 Å². The van der Waals surface area contributed by atoms with Crippen molar-refractivity contribution in [2.75, 3.05) is 12.3 Å². The van der Waals surface area contributed by atoms with Crippen LogP contribution in [0.1, 0.15) is 32.6 Å². The number of thioether (sulfide) groups is 1. The summed E-state index contributed by atoms with van der Waals surface area (Å²) >= 11 is 1.77. The van der Waals surface area contributed by atoms with Crippen molar-refractivity contribution in [2.45, 2.75) is 44.7 Å². The SMILES string of the molecule is CC1CSC(=NCCCC(=O)NC2CC2)N1. The molecule has 1 aliphatic heterocycles. The van der Waals surface area contributed by atoms with Gasteiger partial charge in [0.15, 0.2) is 5.17 Å². The number of carbonyl (C=O) groups excluding carboxylic acids is 1. The Morgan fingerprint density at radius 2 is 2.44 bits per heavy atom. The molecule has 4 nitrogen and oxygen atoms in total. The van der Waals surface area contributed by atoms with E-state index in [9.17, 15) is 4.79 Å². The van der Waals surface area contributed by atoms with Gasteiger partial charge in [0.2, 0.25) is 5.91 Å². The van der Waals surface area contributed by atoms with Crippen molar-refractivity contribution >= 4 is 22.8 Å². The normalized spacial score (nSPS) is 26.8. The van der Waals surface area contributed by atoms with Gasteiger partial charge in [0.1, 0.15) is 0 Å². The van der Waals surface area contributed by atoms with Crippen LogP contribution >= 0.6 is 11.8 Å². The third-order valence-corrected chi connectivity index (χ3v) is 3.79. The number of amides is 1. The van der Waals surface area contributed by atoms with Crippen molar-refractivity contribution in [2.24, 2.45) is 4.99 Å². The Balaban J connectivity index is 1.55. The topological polar surface area (TPSA) is 53.5 Å². The minimum atomic E-state index is 0.183. The molecule has 2 rings (SSSR count). The van der Waals surface area contributed by atoms with Crippen LogP contribution in [0.15, 0.2) is 4.99 Å². The Labute approximate surface area is 101 Å². The summed E-state index contributed by atoms with van der Waals surface area (Å²) in [6, 6.07) is 1.01. The number of amidine groups is 1. The summed E-state index contributed by atoms with van der Waals surface area (Å²) in [5.41, 5.74) is 0. The lowest BCUT2D eigenvalue weighted by atomic mass is 10.3. The van der Waals surface area contributed by atoms with E-state index in [2.05, 4.69) is 22.5 Å². The number of hydrogen-bond donors (Lipinski definition) is 2. The first-order chi connectivity index (χ1) is 7.74. The molecule has 90 valence electrons. The fourth-order valence-electron chi connectivity index (χ4n) is 1.54. The van der Waals surface area contributed by atoms with E-state index < -0.39 is 0 Å². The molecule has 0 aromatic rings. The van der Waals surface area contributed by atoms with Gasteiger partial charge in [0, 0.05) is 30.8 Å². The molecule has 2 aliphatic rings. The highest BCUT2D eigenvalue weighted by Gasteiger charge is 2.22. The standard InChI is InChI=1S/C11H19N3OS/c1-8-7-16-11(13-8)12-6-2-3-10(15)14-9-4-5-9/h8-9H,2-7H2,1H3,(H,12,13)(H,14,15). The van der Waals surface area contributed by atoms with Gasteiger partial charge in [-0.3, -0.25) is 9.79 Å². The van der Waals surface area contributed by atoms with Gasteiger partial charge in [-0.2, -0.15) is 0 Å². The van der Waals surface area contributed by atoms with Gasteiger partial charge in [0.25, 0.3) is 0 Å². The van der Waals surface area contributed by atoms with Gasteiger partial charge in [0.05, 0.1) is 0 Å². The number of carbonyl (C=O) groups is 1. The second kappa shape index (κ2) is 5.57. The molecule has 1 saturated carbocycles. The zero-order valence-electron chi connectivity index (χ0n) is 9.66. The fraction of sp³-hybridized carbons (Fsp3) is 0.818. The molecule has 0 spiro atoms.